The van der Waals surface area contributed by atoms with Crippen molar-refractivity contribution in [1.82, 2.24) is 14.5 Å². The van der Waals surface area contributed by atoms with E-state index in [1.165, 1.54) is 0 Å². The third kappa shape index (κ3) is 4.27. The number of rotatable bonds is 4. The molecule has 1 aromatic carbocycles. The largest absolute Gasteiger partial charge is 0.445 e. The summed E-state index contributed by atoms with van der Waals surface area (Å²) in [6, 6.07) is 9.58. The van der Waals surface area contributed by atoms with Crippen molar-refractivity contribution in [2.75, 3.05) is 13.1 Å². The van der Waals surface area contributed by atoms with Crippen LogP contribution in [-0.4, -0.2) is 44.3 Å². The maximum atomic E-state index is 12.3. The fourth-order valence-electron chi connectivity index (χ4n) is 2.95. The zero-order valence-corrected chi connectivity index (χ0v) is 15.4. The van der Waals surface area contributed by atoms with Crippen LogP contribution >= 0.6 is 22.6 Å². The van der Waals surface area contributed by atoms with Crippen molar-refractivity contribution < 1.29 is 14.6 Å². The van der Waals surface area contributed by atoms with Crippen LogP contribution < -0.4 is 0 Å². The van der Waals surface area contributed by atoms with Gasteiger partial charge in [0.05, 0.1) is 13.1 Å². The number of amides is 1. The van der Waals surface area contributed by atoms with Crippen molar-refractivity contribution in [3.63, 3.8) is 0 Å². The summed E-state index contributed by atoms with van der Waals surface area (Å²) in [7, 11) is 0. The van der Waals surface area contributed by atoms with Crippen LogP contribution in [0.15, 0.2) is 42.7 Å². The second-order valence-electron chi connectivity index (χ2n) is 6.11. The van der Waals surface area contributed by atoms with Crippen LogP contribution in [0.5, 0.6) is 0 Å². The smallest absolute Gasteiger partial charge is 0.410 e. The number of carbonyl (C=O) groups excluding carboxylic acids is 1. The summed E-state index contributed by atoms with van der Waals surface area (Å²) in [5, 5.41) is 10.9. The predicted molar refractivity (Wildman–Crippen MR) is 97.3 cm³/mol. The summed E-state index contributed by atoms with van der Waals surface area (Å²) in [5.41, 5.74) is -0.00365. The SMILES string of the molecule is O=C(OCc1ccccc1)N1CCCC(O)(Cn2ccnc2I)C1. The van der Waals surface area contributed by atoms with Gasteiger partial charge in [-0.1, -0.05) is 30.3 Å². The number of hydrogen-bond donors (Lipinski definition) is 1. The second kappa shape index (κ2) is 7.52. The number of nitrogens with zero attached hydrogens (tertiary/aromatic N) is 3. The molecule has 128 valence electrons. The van der Waals surface area contributed by atoms with Gasteiger partial charge in [0, 0.05) is 18.9 Å². The lowest BCUT2D eigenvalue weighted by atomic mass is 9.93. The van der Waals surface area contributed by atoms with E-state index in [2.05, 4.69) is 27.6 Å². The molecule has 0 aliphatic carbocycles. The number of piperidine rings is 1. The van der Waals surface area contributed by atoms with E-state index >= 15 is 0 Å². The van der Waals surface area contributed by atoms with Crippen LogP contribution in [0.2, 0.25) is 0 Å². The van der Waals surface area contributed by atoms with Crippen molar-refractivity contribution in [2.24, 2.45) is 0 Å². The summed E-state index contributed by atoms with van der Waals surface area (Å²) >= 11 is 2.13. The van der Waals surface area contributed by atoms with Gasteiger partial charge in [0.25, 0.3) is 0 Å². The third-order valence-corrected chi connectivity index (χ3v) is 5.05. The Hall–Kier alpha value is -1.61. The van der Waals surface area contributed by atoms with E-state index in [1.807, 2.05) is 41.1 Å². The third-order valence-electron chi connectivity index (χ3n) is 4.15. The second-order valence-corrected chi connectivity index (χ2v) is 7.08. The van der Waals surface area contributed by atoms with E-state index < -0.39 is 5.60 Å². The van der Waals surface area contributed by atoms with Crippen molar-refractivity contribution >= 4 is 28.7 Å². The minimum absolute atomic E-state index is 0.244. The van der Waals surface area contributed by atoms with Gasteiger partial charge in [-0.25, -0.2) is 9.78 Å². The normalized spacial score (nSPS) is 20.8. The number of benzene rings is 1. The average Bonchev–Trinajstić information content (AvgIpc) is 2.98. The summed E-state index contributed by atoms with van der Waals surface area (Å²) in [4.78, 5) is 18.1. The Morgan fingerprint density at radius 3 is 2.88 bits per heavy atom. The van der Waals surface area contributed by atoms with E-state index in [1.54, 1.807) is 11.1 Å². The maximum absolute atomic E-state index is 12.3. The van der Waals surface area contributed by atoms with Crippen molar-refractivity contribution in [3.8, 4) is 0 Å². The molecule has 0 spiro atoms. The highest BCUT2D eigenvalue weighted by Gasteiger charge is 2.36. The topological polar surface area (TPSA) is 67.6 Å². The highest BCUT2D eigenvalue weighted by molar-refractivity contribution is 14.1. The number of β-amino-alcohol motifs (C(OH)–C–C–N with tert-alkyl or cyclic N) is 1. The van der Waals surface area contributed by atoms with Crippen LogP contribution in [0.25, 0.3) is 0 Å². The molecule has 0 saturated carbocycles. The summed E-state index contributed by atoms with van der Waals surface area (Å²) in [5.74, 6) is 0. The first kappa shape index (κ1) is 17.2. The number of imidazole rings is 1. The molecule has 1 unspecified atom stereocenters. The van der Waals surface area contributed by atoms with Gasteiger partial charge in [-0.2, -0.15) is 0 Å². The lowest BCUT2D eigenvalue weighted by Crippen LogP contribution is -2.52. The highest BCUT2D eigenvalue weighted by atomic mass is 127. The molecule has 3 rings (SSSR count). The van der Waals surface area contributed by atoms with Gasteiger partial charge in [0.15, 0.2) is 3.83 Å². The number of likely N-dealkylation sites (tertiary alicyclic amines) is 1. The lowest BCUT2D eigenvalue weighted by Gasteiger charge is -2.38. The first-order chi connectivity index (χ1) is 11.6. The van der Waals surface area contributed by atoms with Crippen LogP contribution in [0.1, 0.15) is 18.4 Å². The standard InChI is InChI=1S/C17H20IN3O3/c18-15-19-8-10-20(15)12-17(23)7-4-9-21(13-17)16(22)24-11-14-5-2-1-3-6-14/h1-3,5-6,8,10,23H,4,7,9,11-13H2. The first-order valence-corrected chi connectivity index (χ1v) is 8.98. The number of hydrogen-bond acceptors (Lipinski definition) is 4. The number of ether oxygens (including phenoxy) is 1. The zero-order valence-electron chi connectivity index (χ0n) is 13.3. The monoisotopic (exact) mass is 441 g/mol. The fraction of sp³-hybridized carbons (Fsp3) is 0.412. The molecule has 6 nitrogen and oxygen atoms in total. The van der Waals surface area contributed by atoms with Crippen LogP contribution in [-0.2, 0) is 17.9 Å². The highest BCUT2D eigenvalue weighted by Crippen LogP contribution is 2.24. The Kier molecular flexibility index (Phi) is 5.40. The van der Waals surface area contributed by atoms with Crippen molar-refractivity contribution in [3.05, 3.63) is 52.1 Å². The van der Waals surface area contributed by atoms with Crippen LogP contribution in [0.3, 0.4) is 0 Å². The molecule has 24 heavy (non-hydrogen) atoms. The minimum Gasteiger partial charge on any atom is -0.445 e. The van der Waals surface area contributed by atoms with E-state index in [0.29, 0.717) is 19.5 Å². The van der Waals surface area contributed by atoms with E-state index in [9.17, 15) is 9.90 Å². The first-order valence-electron chi connectivity index (χ1n) is 7.90. The van der Waals surface area contributed by atoms with Crippen molar-refractivity contribution in [2.45, 2.75) is 31.6 Å². The average molecular weight is 441 g/mol. The van der Waals surface area contributed by atoms with Gasteiger partial charge in [0.2, 0.25) is 0 Å². The summed E-state index contributed by atoms with van der Waals surface area (Å²) in [6.45, 7) is 1.55. The molecule has 2 aromatic rings. The molecule has 1 aliphatic rings. The number of aromatic nitrogens is 2. The van der Waals surface area contributed by atoms with Crippen LogP contribution in [0, 0.1) is 3.83 Å². The molecule has 1 amide bonds. The zero-order chi connectivity index (χ0) is 17.0. The molecule has 2 heterocycles. The number of carbonyl (C=O) groups is 1. The Morgan fingerprint density at radius 1 is 1.38 bits per heavy atom. The minimum atomic E-state index is -0.954. The van der Waals surface area contributed by atoms with Crippen molar-refractivity contribution in [1.29, 1.82) is 0 Å². The fourth-order valence-corrected chi connectivity index (χ4v) is 3.45. The summed E-state index contributed by atoms with van der Waals surface area (Å²) in [6.07, 6.45) is 4.58. The van der Waals surface area contributed by atoms with E-state index in [4.69, 9.17) is 4.74 Å². The molecule has 1 fully saturated rings. The Balaban J connectivity index is 1.58. The molecular formula is C17H20IN3O3. The molecule has 7 heteroatoms. The van der Waals surface area contributed by atoms with Gasteiger partial charge in [-0.15, -0.1) is 0 Å². The molecule has 1 saturated heterocycles. The Morgan fingerprint density at radius 2 is 2.17 bits per heavy atom. The van der Waals surface area contributed by atoms with Gasteiger partial charge >= 0.3 is 6.09 Å². The molecule has 1 atom stereocenters. The lowest BCUT2D eigenvalue weighted by molar-refractivity contribution is -0.0422. The molecule has 1 aromatic heterocycles. The quantitative estimate of drug-likeness (QED) is 0.742. The van der Waals surface area contributed by atoms with Crippen LogP contribution in [0.4, 0.5) is 4.79 Å². The Bertz CT molecular complexity index is 691. The van der Waals surface area contributed by atoms with Gasteiger partial charge in [0.1, 0.15) is 12.2 Å². The molecular weight excluding hydrogens is 421 g/mol. The molecule has 1 N–H and O–H groups in total. The number of halogens is 1. The number of aliphatic hydroxyl groups is 1. The maximum Gasteiger partial charge on any atom is 0.410 e. The molecule has 0 radical (unpaired) electrons. The van der Waals surface area contributed by atoms with Gasteiger partial charge in [-0.05, 0) is 41.0 Å². The predicted octanol–water partition coefficient (Wildman–Crippen LogP) is 2.65. The molecule has 1 aliphatic heterocycles. The van der Waals surface area contributed by atoms with E-state index in [0.717, 1.165) is 15.8 Å². The Labute approximate surface area is 154 Å². The summed E-state index contributed by atoms with van der Waals surface area (Å²) < 4.78 is 8.10. The molecule has 0 bridgehead atoms. The van der Waals surface area contributed by atoms with Gasteiger partial charge < -0.3 is 19.3 Å². The van der Waals surface area contributed by atoms with E-state index in [-0.39, 0.29) is 19.2 Å². The van der Waals surface area contributed by atoms with Gasteiger partial charge in [-0.3, -0.25) is 0 Å².